The SMILES string of the molecule is N#Cc1ccc2c3ccccc3n(-c3ccc4c(c3)c3ccccc3n4-c3ccccc3)c2c1. The highest BCUT2D eigenvalue weighted by molar-refractivity contribution is 6.12. The molecule has 0 spiro atoms. The first-order chi connectivity index (χ1) is 16.8. The van der Waals surface area contributed by atoms with Crippen molar-refractivity contribution in [3.63, 3.8) is 0 Å². The molecule has 0 N–H and O–H groups in total. The highest BCUT2D eigenvalue weighted by Gasteiger charge is 2.16. The molecule has 0 saturated carbocycles. The molecule has 7 rings (SSSR count). The van der Waals surface area contributed by atoms with Crippen LogP contribution in [0.25, 0.3) is 55.0 Å². The number of hydrogen-bond acceptors (Lipinski definition) is 1. The van der Waals surface area contributed by atoms with Gasteiger partial charge >= 0.3 is 0 Å². The van der Waals surface area contributed by atoms with Crippen LogP contribution in [-0.2, 0) is 0 Å². The van der Waals surface area contributed by atoms with Gasteiger partial charge in [-0.3, -0.25) is 0 Å². The van der Waals surface area contributed by atoms with Crippen molar-refractivity contribution in [1.29, 1.82) is 5.26 Å². The van der Waals surface area contributed by atoms with Crippen molar-refractivity contribution in [1.82, 2.24) is 9.13 Å². The van der Waals surface area contributed by atoms with Gasteiger partial charge in [-0.1, -0.05) is 60.7 Å². The van der Waals surface area contributed by atoms with Gasteiger partial charge < -0.3 is 9.13 Å². The van der Waals surface area contributed by atoms with Crippen LogP contribution in [0.5, 0.6) is 0 Å². The molecule has 0 bridgehead atoms. The van der Waals surface area contributed by atoms with E-state index in [1.54, 1.807) is 0 Å². The predicted octanol–water partition coefficient (Wildman–Crippen LogP) is 7.75. The zero-order valence-corrected chi connectivity index (χ0v) is 18.3. The molecule has 3 nitrogen and oxygen atoms in total. The fourth-order valence-corrected chi connectivity index (χ4v) is 5.27. The summed E-state index contributed by atoms with van der Waals surface area (Å²) in [7, 11) is 0. The Morgan fingerprint density at radius 3 is 1.76 bits per heavy atom. The highest BCUT2D eigenvalue weighted by Crippen LogP contribution is 2.36. The summed E-state index contributed by atoms with van der Waals surface area (Å²) in [6.07, 6.45) is 0. The normalized spacial score (nSPS) is 11.5. The fraction of sp³-hybridized carbons (Fsp3) is 0. The molecule has 0 amide bonds. The molecule has 5 aromatic carbocycles. The Labute approximate surface area is 196 Å². The van der Waals surface area contributed by atoms with Crippen molar-refractivity contribution in [2.24, 2.45) is 0 Å². The van der Waals surface area contributed by atoms with Crippen molar-refractivity contribution in [2.45, 2.75) is 0 Å². The van der Waals surface area contributed by atoms with E-state index in [1.807, 2.05) is 18.2 Å². The van der Waals surface area contributed by atoms with Crippen LogP contribution in [0, 0.1) is 11.3 Å². The molecule has 34 heavy (non-hydrogen) atoms. The molecule has 3 heteroatoms. The maximum atomic E-state index is 9.54. The first kappa shape index (κ1) is 18.7. The van der Waals surface area contributed by atoms with Gasteiger partial charge in [0.05, 0.1) is 33.7 Å². The lowest BCUT2D eigenvalue weighted by molar-refractivity contribution is 1.16. The van der Waals surface area contributed by atoms with E-state index < -0.39 is 0 Å². The van der Waals surface area contributed by atoms with Crippen LogP contribution in [0.2, 0.25) is 0 Å². The maximum absolute atomic E-state index is 9.54. The van der Waals surface area contributed by atoms with Crippen LogP contribution in [0.4, 0.5) is 0 Å². The van der Waals surface area contributed by atoms with Crippen LogP contribution >= 0.6 is 0 Å². The van der Waals surface area contributed by atoms with Crippen molar-refractivity contribution in [2.75, 3.05) is 0 Å². The van der Waals surface area contributed by atoms with Gasteiger partial charge in [-0.05, 0) is 54.6 Å². The van der Waals surface area contributed by atoms with E-state index in [0.29, 0.717) is 5.56 Å². The Balaban J connectivity index is 1.59. The van der Waals surface area contributed by atoms with E-state index in [2.05, 4.69) is 112 Å². The lowest BCUT2D eigenvalue weighted by Gasteiger charge is -2.10. The molecule has 0 atom stereocenters. The molecule has 0 unspecified atom stereocenters. The van der Waals surface area contributed by atoms with E-state index in [-0.39, 0.29) is 0 Å². The molecule has 2 aromatic heterocycles. The maximum Gasteiger partial charge on any atom is 0.0992 e. The van der Waals surface area contributed by atoms with Gasteiger partial charge in [0.2, 0.25) is 0 Å². The Morgan fingerprint density at radius 1 is 0.441 bits per heavy atom. The number of hydrogen-bond donors (Lipinski definition) is 0. The van der Waals surface area contributed by atoms with Gasteiger partial charge in [-0.15, -0.1) is 0 Å². The van der Waals surface area contributed by atoms with Crippen LogP contribution in [-0.4, -0.2) is 9.13 Å². The van der Waals surface area contributed by atoms with Crippen LogP contribution in [0.1, 0.15) is 5.56 Å². The van der Waals surface area contributed by atoms with Gasteiger partial charge in [-0.2, -0.15) is 5.26 Å². The Hall–Kier alpha value is -4.81. The van der Waals surface area contributed by atoms with Crippen molar-refractivity contribution in [3.05, 3.63) is 121 Å². The van der Waals surface area contributed by atoms with E-state index in [1.165, 1.54) is 27.2 Å². The average molecular weight is 434 g/mol. The first-order valence-electron chi connectivity index (χ1n) is 11.4. The van der Waals surface area contributed by atoms with E-state index in [9.17, 15) is 5.26 Å². The topological polar surface area (TPSA) is 33.6 Å². The van der Waals surface area contributed by atoms with Crippen molar-refractivity contribution >= 4 is 43.6 Å². The van der Waals surface area contributed by atoms with E-state index in [4.69, 9.17) is 0 Å². The molecule has 0 aliphatic heterocycles. The Kier molecular flexibility index (Phi) is 3.91. The summed E-state index contributed by atoms with van der Waals surface area (Å²) in [5, 5.41) is 14.3. The minimum absolute atomic E-state index is 0.665. The second kappa shape index (κ2) is 7.10. The number of rotatable bonds is 2. The lowest BCUT2D eigenvalue weighted by atomic mass is 10.1. The molecule has 0 saturated heterocycles. The quantitative estimate of drug-likeness (QED) is 0.274. The van der Waals surface area contributed by atoms with Crippen LogP contribution < -0.4 is 0 Å². The summed E-state index contributed by atoms with van der Waals surface area (Å²) < 4.78 is 4.60. The van der Waals surface area contributed by atoms with Gasteiger partial charge in [-0.25, -0.2) is 0 Å². The zero-order chi connectivity index (χ0) is 22.6. The van der Waals surface area contributed by atoms with Gasteiger partial charge in [0.15, 0.2) is 0 Å². The lowest BCUT2D eigenvalue weighted by Crippen LogP contribution is -1.95. The number of aromatic nitrogens is 2. The van der Waals surface area contributed by atoms with Crippen molar-refractivity contribution < 1.29 is 0 Å². The standard InChI is InChI=1S/C31H19N3/c32-20-21-14-16-26-24-10-4-6-12-28(24)34(31(26)18-21)23-15-17-30-27(19-23)25-11-5-7-13-29(25)33(30)22-8-2-1-3-9-22/h1-19H. The Morgan fingerprint density at radius 2 is 1.03 bits per heavy atom. The molecule has 0 aliphatic carbocycles. The van der Waals surface area contributed by atoms with Gasteiger partial charge in [0.1, 0.15) is 0 Å². The van der Waals surface area contributed by atoms with E-state index >= 15 is 0 Å². The van der Waals surface area contributed by atoms with Gasteiger partial charge in [0.25, 0.3) is 0 Å². The third kappa shape index (κ3) is 2.57. The summed E-state index contributed by atoms with van der Waals surface area (Å²) in [6.45, 7) is 0. The third-order valence-corrected chi connectivity index (χ3v) is 6.73. The summed E-state index contributed by atoms with van der Waals surface area (Å²) in [6, 6.07) is 42.5. The molecule has 0 radical (unpaired) electrons. The highest BCUT2D eigenvalue weighted by atomic mass is 15.0. The second-order valence-electron chi connectivity index (χ2n) is 8.59. The number of nitrogens with zero attached hydrogens (tertiary/aromatic N) is 3. The predicted molar refractivity (Wildman–Crippen MR) is 140 cm³/mol. The van der Waals surface area contributed by atoms with Crippen LogP contribution in [0.3, 0.4) is 0 Å². The van der Waals surface area contributed by atoms with E-state index in [0.717, 1.165) is 27.8 Å². The number of fused-ring (bicyclic) bond motifs is 6. The fourth-order valence-electron chi connectivity index (χ4n) is 5.27. The summed E-state index contributed by atoms with van der Waals surface area (Å²) in [5.74, 6) is 0. The summed E-state index contributed by atoms with van der Waals surface area (Å²) in [5.41, 5.74) is 7.45. The van der Waals surface area contributed by atoms with Crippen molar-refractivity contribution in [3.8, 4) is 17.4 Å². The summed E-state index contributed by atoms with van der Waals surface area (Å²) >= 11 is 0. The second-order valence-corrected chi connectivity index (χ2v) is 8.59. The third-order valence-electron chi connectivity index (χ3n) is 6.73. The number of benzene rings is 5. The molecule has 0 aliphatic rings. The summed E-state index contributed by atoms with van der Waals surface area (Å²) in [4.78, 5) is 0. The number of para-hydroxylation sites is 3. The molecular weight excluding hydrogens is 414 g/mol. The minimum atomic E-state index is 0.665. The first-order valence-corrected chi connectivity index (χ1v) is 11.4. The number of nitriles is 1. The zero-order valence-electron chi connectivity index (χ0n) is 18.3. The average Bonchev–Trinajstić information content (AvgIpc) is 3.41. The Bertz CT molecular complexity index is 1910. The van der Waals surface area contributed by atoms with Gasteiger partial charge in [0, 0.05) is 32.9 Å². The molecular formula is C31H19N3. The molecule has 2 heterocycles. The largest absolute Gasteiger partial charge is 0.309 e. The minimum Gasteiger partial charge on any atom is -0.309 e. The monoisotopic (exact) mass is 433 g/mol. The smallest absolute Gasteiger partial charge is 0.0992 e. The van der Waals surface area contributed by atoms with Crippen LogP contribution in [0.15, 0.2) is 115 Å². The molecule has 158 valence electrons. The molecule has 7 aromatic rings. The molecule has 0 fully saturated rings.